The van der Waals surface area contributed by atoms with E-state index in [1.807, 2.05) is 30.8 Å². The maximum Gasteiger partial charge on any atom is 0.143 e. The van der Waals surface area contributed by atoms with Gasteiger partial charge in [0.05, 0.1) is 5.69 Å². The second-order valence-electron chi connectivity index (χ2n) is 3.41. The zero-order valence-electron chi connectivity index (χ0n) is 8.07. The average Bonchev–Trinajstić information content (AvgIpc) is 2.71. The number of halogens is 1. The summed E-state index contributed by atoms with van der Waals surface area (Å²) in [6.07, 6.45) is 1.87. The SMILES string of the molecule is CC(C)n1ccc(-c2cscc2F)n1. The van der Waals surface area contributed by atoms with Crippen LogP contribution in [0.5, 0.6) is 0 Å². The van der Waals surface area contributed by atoms with Crippen molar-refractivity contribution in [3.05, 3.63) is 28.8 Å². The molecule has 2 heterocycles. The van der Waals surface area contributed by atoms with Gasteiger partial charge in [0.25, 0.3) is 0 Å². The summed E-state index contributed by atoms with van der Waals surface area (Å²) in [5.74, 6) is -0.191. The van der Waals surface area contributed by atoms with E-state index in [4.69, 9.17) is 0 Å². The lowest BCUT2D eigenvalue weighted by Crippen LogP contribution is -2.00. The standard InChI is InChI=1S/C10H11FN2S/c1-7(2)13-4-3-10(12-13)8-5-14-6-9(8)11/h3-7H,1-2H3. The van der Waals surface area contributed by atoms with Gasteiger partial charge in [0.15, 0.2) is 0 Å². The number of thiophene rings is 1. The Bertz CT molecular complexity index is 431. The van der Waals surface area contributed by atoms with Gasteiger partial charge in [-0.05, 0) is 19.9 Å². The van der Waals surface area contributed by atoms with Gasteiger partial charge in [-0.2, -0.15) is 5.10 Å². The highest BCUT2D eigenvalue weighted by atomic mass is 32.1. The van der Waals surface area contributed by atoms with Gasteiger partial charge in [0.2, 0.25) is 0 Å². The summed E-state index contributed by atoms with van der Waals surface area (Å²) in [6.45, 7) is 4.08. The summed E-state index contributed by atoms with van der Waals surface area (Å²) in [5.41, 5.74) is 1.30. The third kappa shape index (κ3) is 1.57. The van der Waals surface area contributed by atoms with Gasteiger partial charge in [-0.25, -0.2) is 4.39 Å². The van der Waals surface area contributed by atoms with Crippen LogP contribution in [0.2, 0.25) is 0 Å². The minimum atomic E-state index is -0.191. The molecule has 14 heavy (non-hydrogen) atoms. The van der Waals surface area contributed by atoms with Crippen molar-refractivity contribution in [2.45, 2.75) is 19.9 Å². The Hall–Kier alpha value is -1.16. The molecule has 74 valence electrons. The van der Waals surface area contributed by atoms with E-state index in [0.717, 1.165) is 0 Å². The number of aromatic nitrogens is 2. The van der Waals surface area contributed by atoms with Crippen LogP contribution in [0.1, 0.15) is 19.9 Å². The highest BCUT2D eigenvalue weighted by Crippen LogP contribution is 2.24. The molecule has 0 radical (unpaired) electrons. The molecule has 0 spiro atoms. The lowest BCUT2D eigenvalue weighted by Gasteiger charge is -2.03. The minimum Gasteiger partial charge on any atom is -0.270 e. The van der Waals surface area contributed by atoms with Crippen LogP contribution in [0.4, 0.5) is 4.39 Å². The fourth-order valence-electron chi connectivity index (χ4n) is 1.23. The molecule has 0 unspecified atom stereocenters. The van der Waals surface area contributed by atoms with Gasteiger partial charge in [-0.3, -0.25) is 4.68 Å². The zero-order valence-corrected chi connectivity index (χ0v) is 8.88. The zero-order chi connectivity index (χ0) is 10.1. The fourth-order valence-corrected chi connectivity index (χ4v) is 1.92. The Balaban J connectivity index is 2.39. The third-order valence-electron chi connectivity index (χ3n) is 2.03. The predicted molar refractivity (Wildman–Crippen MR) is 55.9 cm³/mol. The maximum atomic E-state index is 13.2. The van der Waals surface area contributed by atoms with E-state index in [1.54, 1.807) is 5.38 Å². The van der Waals surface area contributed by atoms with Crippen molar-refractivity contribution in [1.82, 2.24) is 9.78 Å². The summed E-state index contributed by atoms with van der Waals surface area (Å²) in [4.78, 5) is 0. The highest BCUT2D eigenvalue weighted by Gasteiger charge is 2.09. The van der Waals surface area contributed by atoms with Gasteiger partial charge in [0.1, 0.15) is 5.82 Å². The smallest absolute Gasteiger partial charge is 0.143 e. The molecule has 0 aromatic carbocycles. The van der Waals surface area contributed by atoms with Crippen molar-refractivity contribution < 1.29 is 4.39 Å². The molecular formula is C10H11FN2S. The molecule has 0 fully saturated rings. The Labute approximate surface area is 86.0 Å². The van der Waals surface area contributed by atoms with Crippen LogP contribution in [-0.2, 0) is 0 Å². The van der Waals surface area contributed by atoms with Crippen LogP contribution >= 0.6 is 11.3 Å². The van der Waals surface area contributed by atoms with E-state index >= 15 is 0 Å². The fraction of sp³-hybridized carbons (Fsp3) is 0.300. The molecule has 0 saturated heterocycles. The van der Waals surface area contributed by atoms with Crippen molar-refractivity contribution >= 4 is 11.3 Å². The first-order valence-corrected chi connectivity index (χ1v) is 5.40. The summed E-state index contributed by atoms with van der Waals surface area (Å²) >= 11 is 1.35. The largest absolute Gasteiger partial charge is 0.270 e. The van der Waals surface area contributed by atoms with E-state index in [-0.39, 0.29) is 5.82 Å². The first-order chi connectivity index (χ1) is 6.68. The highest BCUT2D eigenvalue weighted by molar-refractivity contribution is 7.08. The number of rotatable bonds is 2. The molecule has 0 bridgehead atoms. The molecule has 2 aromatic heterocycles. The van der Waals surface area contributed by atoms with Gasteiger partial charge in [-0.1, -0.05) is 0 Å². The van der Waals surface area contributed by atoms with Crippen LogP contribution < -0.4 is 0 Å². The first kappa shape index (κ1) is 9.40. The molecule has 0 atom stereocenters. The quantitative estimate of drug-likeness (QED) is 0.743. The van der Waals surface area contributed by atoms with Crippen molar-refractivity contribution in [3.8, 4) is 11.3 Å². The van der Waals surface area contributed by atoms with Crippen molar-refractivity contribution in [1.29, 1.82) is 0 Å². The lowest BCUT2D eigenvalue weighted by molar-refractivity contribution is 0.533. The Morgan fingerprint density at radius 3 is 2.71 bits per heavy atom. The maximum absolute atomic E-state index is 13.2. The van der Waals surface area contributed by atoms with Crippen LogP contribution in [0.25, 0.3) is 11.3 Å². The molecule has 2 nitrogen and oxygen atoms in total. The van der Waals surface area contributed by atoms with Crippen molar-refractivity contribution in [2.75, 3.05) is 0 Å². The molecule has 0 N–H and O–H groups in total. The molecule has 0 aliphatic rings. The van der Waals surface area contributed by atoms with Gasteiger partial charge >= 0.3 is 0 Å². The Kier molecular flexibility index (Phi) is 2.37. The summed E-state index contributed by atoms with van der Waals surface area (Å²) < 4.78 is 15.0. The average molecular weight is 210 g/mol. The summed E-state index contributed by atoms with van der Waals surface area (Å²) in [6, 6.07) is 2.15. The predicted octanol–water partition coefficient (Wildman–Crippen LogP) is 3.33. The molecule has 0 amide bonds. The van der Waals surface area contributed by atoms with E-state index in [1.165, 1.54) is 16.7 Å². The molecule has 0 aliphatic heterocycles. The van der Waals surface area contributed by atoms with Crippen LogP contribution in [-0.4, -0.2) is 9.78 Å². The molecule has 2 aromatic rings. The summed E-state index contributed by atoms with van der Waals surface area (Å²) in [5, 5.41) is 7.57. The van der Waals surface area contributed by atoms with Gasteiger partial charge < -0.3 is 0 Å². The second-order valence-corrected chi connectivity index (χ2v) is 4.15. The van der Waals surface area contributed by atoms with Crippen LogP contribution in [0.3, 0.4) is 0 Å². The number of hydrogen-bond acceptors (Lipinski definition) is 2. The van der Waals surface area contributed by atoms with E-state index in [2.05, 4.69) is 5.10 Å². The normalized spacial score (nSPS) is 11.1. The number of nitrogens with zero attached hydrogens (tertiary/aromatic N) is 2. The Morgan fingerprint density at radius 1 is 1.43 bits per heavy atom. The molecule has 2 rings (SSSR count). The third-order valence-corrected chi connectivity index (χ3v) is 2.74. The Morgan fingerprint density at radius 2 is 2.21 bits per heavy atom. The van der Waals surface area contributed by atoms with E-state index < -0.39 is 0 Å². The van der Waals surface area contributed by atoms with Gasteiger partial charge in [-0.15, -0.1) is 11.3 Å². The lowest BCUT2D eigenvalue weighted by atomic mass is 10.2. The monoisotopic (exact) mass is 210 g/mol. The second kappa shape index (κ2) is 3.53. The topological polar surface area (TPSA) is 17.8 Å². The minimum absolute atomic E-state index is 0.191. The molecule has 0 aliphatic carbocycles. The molecular weight excluding hydrogens is 199 g/mol. The first-order valence-electron chi connectivity index (χ1n) is 4.45. The van der Waals surface area contributed by atoms with Gasteiger partial charge in [0, 0.05) is 28.6 Å². The van der Waals surface area contributed by atoms with E-state index in [0.29, 0.717) is 17.3 Å². The van der Waals surface area contributed by atoms with Crippen LogP contribution in [0, 0.1) is 5.82 Å². The molecule has 0 saturated carbocycles. The van der Waals surface area contributed by atoms with Crippen molar-refractivity contribution in [2.24, 2.45) is 0 Å². The van der Waals surface area contributed by atoms with Crippen molar-refractivity contribution in [3.63, 3.8) is 0 Å². The van der Waals surface area contributed by atoms with E-state index in [9.17, 15) is 4.39 Å². The molecule has 4 heteroatoms. The number of hydrogen-bond donors (Lipinski definition) is 0. The summed E-state index contributed by atoms with van der Waals surface area (Å²) in [7, 11) is 0. The van der Waals surface area contributed by atoms with Crippen LogP contribution in [0.15, 0.2) is 23.0 Å².